The molecule has 0 unspecified atom stereocenters. The Balaban J connectivity index is 1.91. The van der Waals surface area contributed by atoms with Crippen LogP contribution in [0.4, 0.5) is 0 Å². The van der Waals surface area contributed by atoms with Gasteiger partial charge < -0.3 is 9.47 Å². The molecule has 1 aromatic carbocycles. The highest BCUT2D eigenvalue weighted by molar-refractivity contribution is 6.02. The summed E-state index contributed by atoms with van der Waals surface area (Å²) in [6, 6.07) is 6.37. The average molecular weight is 337 g/mol. The van der Waals surface area contributed by atoms with Crippen LogP contribution in [-0.4, -0.2) is 20.0 Å². The number of hydrogen-bond donors (Lipinski definition) is 0. The maximum absolute atomic E-state index is 13.0. The second-order valence-electron chi connectivity index (χ2n) is 7.62. The smallest absolute Gasteiger partial charge is 0.163 e. The summed E-state index contributed by atoms with van der Waals surface area (Å²) in [4.78, 5) is 13.0. The number of benzene rings is 1. The van der Waals surface area contributed by atoms with Crippen LogP contribution >= 0.6 is 0 Å². The lowest BCUT2D eigenvalue weighted by Crippen LogP contribution is -2.34. The van der Waals surface area contributed by atoms with Crippen molar-refractivity contribution in [3.8, 4) is 17.6 Å². The molecule has 1 aromatic rings. The van der Waals surface area contributed by atoms with Crippen LogP contribution in [0.1, 0.15) is 49.7 Å². The predicted octanol–water partition coefficient (Wildman–Crippen LogP) is 3.94. The van der Waals surface area contributed by atoms with Crippen molar-refractivity contribution in [3.05, 3.63) is 34.4 Å². The SMILES string of the molecule is COc1cc2c(c(OC)c1)[C@H]1CC[C@@]3(C)C(=C1C(=O)C2)CC[C@@H]3C#N. The molecule has 0 spiro atoms. The quantitative estimate of drug-likeness (QED) is 0.820. The first kappa shape index (κ1) is 16.2. The lowest BCUT2D eigenvalue weighted by atomic mass is 9.61. The van der Waals surface area contributed by atoms with Gasteiger partial charge in [-0.05, 0) is 37.3 Å². The molecule has 0 radical (unpaired) electrons. The number of methoxy groups -OCH3 is 2. The molecule has 0 heterocycles. The zero-order valence-corrected chi connectivity index (χ0v) is 15.0. The number of carbonyl (C=O) groups excluding carboxylic acids is 1. The first-order chi connectivity index (χ1) is 12.0. The molecule has 3 aliphatic carbocycles. The van der Waals surface area contributed by atoms with Gasteiger partial charge in [0.1, 0.15) is 11.5 Å². The number of rotatable bonds is 2. The van der Waals surface area contributed by atoms with Gasteiger partial charge in [-0.1, -0.05) is 12.5 Å². The highest BCUT2D eigenvalue weighted by Gasteiger charge is 2.50. The molecule has 0 N–H and O–H groups in total. The summed E-state index contributed by atoms with van der Waals surface area (Å²) in [6.07, 6.45) is 4.00. The van der Waals surface area contributed by atoms with E-state index in [4.69, 9.17) is 9.47 Å². The first-order valence-corrected chi connectivity index (χ1v) is 8.94. The Morgan fingerprint density at radius 1 is 1.24 bits per heavy atom. The Hall–Kier alpha value is -2.28. The maximum Gasteiger partial charge on any atom is 0.163 e. The van der Waals surface area contributed by atoms with E-state index in [2.05, 4.69) is 13.0 Å². The number of allylic oxidation sites excluding steroid dienone is 2. The predicted molar refractivity (Wildman–Crippen MR) is 93.7 cm³/mol. The summed E-state index contributed by atoms with van der Waals surface area (Å²) >= 11 is 0. The van der Waals surface area contributed by atoms with Gasteiger partial charge in [-0.2, -0.15) is 5.26 Å². The van der Waals surface area contributed by atoms with Gasteiger partial charge in [-0.15, -0.1) is 0 Å². The zero-order chi connectivity index (χ0) is 17.8. The lowest BCUT2D eigenvalue weighted by Gasteiger charge is -2.42. The third-order valence-electron chi connectivity index (χ3n) is 6.58. The number of hydrogen-bond acceptors (Lipinski definition) is 4. The van der Waals surface area contributed by atoms with E-state index in [9.17, 15) is 10.1 Å². The minimum absolute atomic E-state index is 0.0305. The van der Waals surface area contributed by atoms with Gasteiger partial charge in [-0.25, -0.2) is 0 Å². The number of ether oxygens (including phenoxy) is 2. The van der Waals surface area contributed by atoms with Crippen molar-refractivity contribution in [2.24, 2.45) is 11.3 Å². The fourth-order valence-corrected chi connectivity index (χ4v) is 5.28. The van der Waals surface area contributed by atoms with Gasteiger partial charge in [0.25, 0.3) is 0 Å². The van der Waals surface area contributed by atoms with Crippen LogP contribution in [0.15, 0.2) is 23.3 Å². The van der Waals surface area contributed by atoms with Crippen molar-refractivity contribution in [1.82, 2.24) is 0 Å². The maximum atomic E-state index is 13.0. The van der Waals surface area contributed by atoms with E-state index in [1.54, 1.807) is 14.2 Å². The van der Waals surface area contributed by atoms with E-state index in [0.717, 1.165) is 53.9 Å². The third-order valence-corrected chi connectivity index (χ3v) is 6.58. The van der Waals surface area contributed by atoms with Crippen molar-refractivity contribution in [1.29, 1.82) is 5.26 Å². The second-order valence-corrected chi connectivity index (χ2v) is 7.62. The van der Waals surface area contributed by atoms with Crippen LogP contribution in [0.2, 0.25) is 0 Å². The minimum atomic E-state index is -0.131. The zero-order valence-electron chi connectivity index (χ0n) is 15.0. The Morgan fingerprint density at radius 3 is 2.72 bits per heavy atom. The number of fused-ring (bicyclic) bond motifs is 4. The van der Waals surface area contributed by atoms with E-state index in [1.165, 1.54) is 5.57 Å². The van der Waals surface area contributed by atoms with E-state index < -0.39 is 0 Å². The van der Waals surface area contributed by atoms with Crippen molar-refractivity contribution in [2.45, 2.75) is 44.9 Å². The second kappa shape index (κ2) is 5.62. The van der Waals surface area contributed by atoms with Gasteiger partial charge >= 0.3 is 0 Å². The monoisotopic (exact) mass is 337 g/mol. The molecule has 1 saturated carbocycles. The molecular weight excluding hydrogens is 314 g/mol. The van der Waals surface area contributed by atoms with E-state index in [0.29, 0.717) is 6.42 Å². The normalized spacial score (nSPS) is 30.2. The fraction of sp³-hybridized carbons (Fsp3) is 0.524. The molecule has 4 rings (SSSR count). The molecule has 4 nitrogen and oxygen atoms in total. The Morgan fingerprint density at radius 2 is 2.04 bits per heavy atom. The highest BCUT2D eigenvalue weighted by Crippen LogP contribution is 2.60. The van der Waals surface area contributed by atoms with Crippen LogP contribution < -0.4 is 9.47 Å². The van der Waals surface area contributed by atoms with Gasteiger partial charge in [0.15, 0.2) is 5.78 Å². The van der Waals surface area contributed by atoms with Gasteiger partial charge in [0.05, 0.1) is 26.2 Å². The third kappa shape index (κ3) is 2.15. The topological polar surface area (TPSA) is 59.3 Å². The molecule has 0 bridgehead atoms. The van der Waals surface area contributed by atoms with Crippen molar-refractivity contribution < 1.29 is 14.3 Å². The average Bonchev–Trinajstić information content (AvgIpc) is 2.96. The van der Waals surface area contributed by atoms with E-state index >= 15 is 0 Å². The molecule has 0 aromatic heterocycles. The molecule has 3 aliphatic rings. The first-order valence-electron chi connectivity index (χ1n) is 8.94. The van der Waals surface area contributed by atoms with Crippen LogP contribution in [0, 0.1) is 22.7 Å². The van der Waals surface area contributed by atoms with E-state index in [1.807, 2.05) is 12.1 Å². The lowest BCUT2D eigenvalue weighted by molar-refractivity contribution is -0.115. The van der Waals surface area contributed by atoms with Gasteiger partial charge in [0, 0.05) is 35.0 Å². The Kier molecular flexibility index (Phi) is 3.64. The molecule has 25 heavy (non-hydrogen) atoms. The van der Waals surface area contributed by atoms with Gasteiger partial charge in [-0.3, -0.25) is 4.79 Å². The number of carbonyl (C=O) groups is 1. The fourth-order valence-electron chi connectivity index (χ4n) is 5.28. The largest absolute Gasteiger partial charge is 0.497 e. The number of ketones is 1. The Labute approximate surface area is 148 Å². The van der Waals surface area contributed by atoms with Crippen molar-refractivity contribution >= 4 is 5.78 Å². The molecule has 0 amide bonds. The van der Waals surface area contributed by atoms with Crippen LogP contribution in [-0.2, 0) is 11.2 Å². The summed E-state index contributed by atoms with van der Waals surface area (Å²) < 4.78 is 11.0. The number of nitriles is 1. The van der Waals surface area contributed by atoms with E-state index in [-0.39, 0.29) is 23.0 Å². The minimum Gasteiger partial charge on any atom is -0.497 e. The molecule has 0 saturated heterocycles. The van der Waals surface area contributed by atoms with Gasteiger partial charge in [0.2, 0.25) is 0 Å². The summed E-state index contributed by atoms with van der Waals surface area (Å²) in [7, 11) is 3.30. The molecule has 1 fully saturated rings. The molecule has 0 aliphatic heterocycles. The van der Waals surface area contributed by atoms with Crippen LogP contribution in [0.5, 0.6) is 11.5 Å². The summed E-state index contributed by atoms with van der Waals surface area (Å²) in [5.74, 6) is 1.88. The molecule has 4 heteroatoms. The molecule has 3 atom stereocenters. The van der Waals surface area contributed by atoms with Crippen LogP contribution in [0.3, 0.4) is 0 Å². The number of Topliss-reactive ketones (excluding diaryl/α,β-unsaturated/α-hetero) is 1. The van der Waals surface area contributed by atoms with Crippen molar-refractivity contribution in [3.63, 3.8) is 0 Å². The summed E-state index contributed by atoms with van der Waals surface area (Å²) in [6.45, 7) is 2.18. The highest BCUT2D eigenvalue weighted by atomic mass is 16.5. The number of nitrogens with zero attached hydrogens (tertiary/aromatic N) is 1. The van der Waals surface area contributed by atoms with Crippen LogP contribution in [0.25, 0.3) is 0 Å². The molecule has 130 valence electrons. The molecular formula is C21H23NO3. The Bertz CT molecular complexity index is 832. The summed E-state index contributed by atoms with van der Waals surface area (Å²) in [5, 5.41) is 9.54. The summed E-state index contributed by atoms with van der Waals surface area (Å²) in [5.41, 5.74) is 4.25. The standard InChI is InChI=1S/C21H23NO3/c1-21-7-6-15-19-12(8-14(24-2)10-18(19)25-3)9-17(23)20(15)16(21)5-4-13(21)11-22/h8,10,13,15H,4-7,9H2,1-3H3/t13-,15-,21-/m1/s1. The van der Waals surface area contributed by atoms with Crippen molar-refractivity contribution in [2.75, 3.05) is 14.2 Å².